The Morgan fingerprint density at radius 1 is 1.04 bits per heavy atom. The monoisotopic (exact) mass is 475 g/mol. The van der Waals surface area contributed by atoms with Gasteiger partial charge in [0.1, 0.15) is 9.84 Å². The lowest BCUT2D eigenvalue weighted by Crippen LogP contribution is -2.42. The summed E-state index contributed by atoms with van der Waals surface area (Å²) in [7, 11) is -2.90. The van der Waals surface area contributed by atoms with Crippen LogP contribution in [0.5, 0.6) is 0 Å². The van der Waals surface area contributed by atoms with Gasteiger partial charge in [0.05, 0.1) is 5.75 Å². The van der Waals surface area contributed by atoms with Crippen molar-refractivity contribution in [3.63, 3.8) is 0 Å². The van der Waals surface area contributed by atoms with Crippen LogP contribution in [0.3, 0.4) is 0 Å². The van der Waals surface area contributed by atoms with Crippen molar-refractivity contribution in [2.75, 3.05) is 25.1 Å². The van der Waals surface area contributed by atoms with Gasteiger partial charge in [-0.15, -0.1) is 24.0 Å². The number of halogens is 1. The number of hydrogen-bond donors (Lipinski definition) is 2. The molecule has 0 saturated heterocycles. The van der Waals surface area contributed by atoms with E-state index in [-0.39, 0.29) is 35.8 Å². The quantitative estimate of drug-likeness (QED) is 0.196. The number of hydrogen-bond acceptors (Lipinski definition) is 3. The van der Waals surface area contributed by atoms with E-state index in [4.69, 9.17) is 0 Å². The van der Waals surface area contributed by atoms with Gasteiger partial charge in [0.2, 0.25) is 0 Å². The zero-order valence-corrected chi connectivity index (χ0v) is 19.2. The summed E-state index contributed by atoms with van der Waals surface area (Å²) in [6.07, 6.45) is 8.10. The molecule has 2 N–H and O–H groups in total. The molecule has 0 aliphatic carbocycles. The van der Waals surface area contributed by atoms with E-state index in [2.05, 4.69) is 29.5 Å². The van der Waals surface area contributed by atoms with E-state index in [1.54, 1.807) is 0 Å². The molecule has 24 heavy (non-hydrogen) atoms. The van der Waals surface area contributed by atoms with Crippen molar-refractivity contribution >= 4 is 39.8 Å². The number of unbranched alkanes of at least 4 members (excludes halogenated alkanes) is 3. The van der Waals surface area contributed by atoms with Gasteiger partial charge in [-0.1, -0.05) is 39.5 Å². The third-order valence-corrected chi connectivity index (χ3v) is 4.59. The van der Waals surface area contributed by atoms with Crippen LogP contribution in [0, 0.1) is 5.92 Å². The van der Waals surface area contributed by atoms with E-state index in [0.717, 1.165) is 31.4 Å². The first kappa shape index (κ1) is 26.2. The van der Waals surface area contributed by atoms with Crippen LogP contribution in [0.15, 0.2) is 4.99 Å². The van der Waals surface area contributed by atoms with Crippen LogP contribution in [0.4, 0.5) is 0 Å². The molecule has 1 atom stereocenters. The van der Waals surface area contributed by atoms with Gasteiger partial charge in [0.25, 0.3) is 0 Å². The topological polar surface area (TPSA) is 70.6 Å². The summed E-state index contributed by atoms with van der Waals surface area (Å²) in [5.41, 5.74) is 0. The van der Waals surface area contributed by atoms with E-state index in [1.165, 1.54) is 31.9 Å². The molecule has 0 aromatic heterocycles. The van der Waals surface area contributed by atoms with Crippen LogP contribution < -0.4 is 10.6 Å². The Labute approximate surface area is 166 Å². The number of rotatable bonds is 12. The Bertz CT molecular complexity index is 426. The first-order chi connectivity index (χ1) is 10.7. The summed E-state index contributed by atoms with van der Waals surface area (Å²) < 4.78 is 22.4. The van der Waals surface area contributed by atoms with Crippen molar-refractivity contribution in [1.29, 1.82) is 0 Å². The molecule has 5 nitrogen and oxygen atoms in total. The largest absolute Gasteiger partial charge is 0.357 e. The molecule has 7 heteroatoms. The zero-order valence-electron chi connectivity index (χ0n) is 16.1. The maximum atomic E-state index is 11.2. The van der Waals surface area contributed by atoms with Gasteiger partial charge >= 0.3 is 0 Å². The first-order valence-electron chi connectivity index (χ1n) is 8.97. The van der Waals surface area contributed by atoms with Gasteiger partial charge in [-0.2, -0.15) is 0 Å². The summed E-state index contributed by atoms with van der Waals surface area (Å²) in [6.45, 7) is 10.2. The minimum Gasteiger partial charge on any atom is -0.357 e. The highest BCUT2D eigenvalue weighted by Gasteiger charge is 2.09. The molecule has 0 spiro atoms. The van der Waals surface area contributed by atoms with E-state index >= 15 is 0 Å². The smallest absolute Gasteiger partial charge is 0.191 e. The van der Waals surface area contributed by atoms with E-state index in [0.29, 0.717) is 6.42 Å². The maximum absolute atomic E-state index is 11.2. The van der Waals surface area contributed by atoms with Crippen molar-refractivity contribution in [3.8, 4) is 0 Å². The van der Waals surface area contributed by atoms with Crippen molar-refractivity contribution in [2.45, 2.75) is 72.3 Å². The Morgan fingerprint density at radius 3 is 2.21 bits per heavy atom. The fourth-order valence-corrected chi connectivity index (χ4v) is 3.01. The number of nitrogens with zero attached hydrogens (tertiary/aromatic N) is 1. The minimum absolute atomic E-state index is 0. The Kier molecular flexibility index (Phi) is 16.6. The number of guanidine groups is 1. The van der Waals surface area contributed by atoms with Gasteiger partial charge in [-0.25, -0.2) is 8.42 Å². The Hall–Kier alpha value is -0.0500. The molecule has 146 valence electrons. The maximum Gasteiger partial charge on any atom is 0.191 e. The average molecular weight is 475 g/mol. The van der Waals surface area contributed by atoms with Gasteiger partial charge in [-0.05, 0) is 32.6 Å². The molecule has 0 aromatic rings. The first-order valence-corrected chi connectivity index (χ1v) is 11.0. The number of nitrogens with one attached hydrogen (secondary N) is 2. The van der Waals surface area contributed by atoms with Crippen LogP contribution in [0.1, 0.15) is 66.2 Å². The fraction of sp³-hybridized carbons (Fsp3) is 0.941. The Morgan fingerprint density at radius 2 is 1.67 bits per heavy atom. The highest BCUT2D eigenvalue weighted by molar-refractivity contribution is 14.0. The van der Waals surface area contributed by atoms with Crippen LogP contribution in [-0.4, -0.2) is 45.5 Å². The molecule has 0 fully saturated rings. The van der Waals surface area contributed by atoms with Crippen LogP contribution in [-0.2, 0) is 9.84 Å². The molecule has 0 heterocycles. The van der Waals surface area contributed by atoms with E-state index in [1.807, 2.05) is 13.8 Å². The summed E-state index contributed by atoms with van der Waals surface area (Å²) in [6, 6.07) is 0.0913. The molecule has 0 radical (unpaired) electrons. The summed E-state index contributed by atoms with van der Waals surface area (Å²) in [5, 5.41) is 6.50. The standard InChI is InChI=1S/C17H37N3O2S.HI/c1-6-18-17(20-16(4)12-14-23(5,21)22)19-13-10-8-7-9-11-15(2)3;/h15-16H,6-14H2,1-5H3,(H2,18,19,20);1H. The molecular formula is C17H38IN3O2S. The predicted molar refractivity (Wildman–Crippen MR) is 116 cm³/mol. The third kappa shape index (κ3) is 18.3. The molecule has 0 saturated carbocycles. The Balaban J connectivity index is 0. The minimum atomic E-state index is -2.90. The summed E-state index contributed by atoms with van der Waals surface area (Å²) in [5.74, 6) is 1.79. The highest BCUT2D eigenvalue weighted by atomic mass is 127. The fourth-order valence-electron chi connectivity index (χ4n) is 2.23. The van der Waals surface area contributed by atoms with Crippen molar-refractivity contribution in [3.05, 3.63) is 0 Å². The normalized spacial score (nSPS) is 13.5. The zero-order chi connectivity index (χ0) is 17.7. The SMILES string of the molecule is CCNC(=NCCCCCCC(C)C)NC(C)CCS(C)(=O)=O.I. The van der Waals surface area contributed by atoms with E-state index < -0.39 is 9.84 Å². The second kappa shape index (κ2) is 15.2. The van der Waals surface area contributed by atoms with Crippen molar-refractivity contribution in [2.24, 2.45) is 10.9 Å². The average Bonchev–Trinajstić information content (AvgIpc) is 2.43. The molecule has 0 aliphatic rings. The molecule has 0 aromatic carbocycles. The lowest BCUT2D eigenvalue weighted by atomic mass is 10.0. The van der Waals surface area contributed by atoms with Gasteiger partial charge < -0.3 is 10.6 Å². The summed E-state index contributed by atoms with van der Waals surface area (Å²) in [4.78, 5) is 4.58. The van der Waals surface area contributed by atoms with Gasteiger partial charge in [0, 0.05) is 25.4 Å². The van der Waals surface area contributed by atoms with Crippen LogP contribution in [0.2, 0.25) is 0 Å². The van der Waals surface area contributed by atoms with Crippen LogP contribution >= 0.6 is 24.0 Å². The predicted octanol–water partition coefficient (Wildman–Crippen LogP) is 3.59. The van der Waals surface area contributed by atoms with Crippen LogP contribution in [0.25, 0.3) is 0 Å². The lowest BCUT2D eigenvalue weighted by molar-refractivity contribution is 0.521. The molecular weight excluding hydrogens is 437 g/mol. The summed E-state index contributed by atoms with van der Waals surface area (Å²) >= 11 is 0. The molecule has 1 unspecified atom stereocenters. The third-order valence-electron chi connectivity index (χ3n) is 3.61. The van der Waals surface area contributed by atoms with Gasteiger partial charge in [0.15, 0.2) is 5.96 Å². The molecule has 0 amide bonds. The molecule has 0 aliphatic heterocycles. The molecule has 0 bridgehead atoms. The second-order valence-corrected chi connectivity index (χ2v) is 9.08. The molecule has 0 rings (SSSR count). The lowest BCUT2D eigenvalue weighted by Gasteiger charge is -2.17. The highest BCUT2D eigenvalue weighted by Crippen LogP contribution is 2.09. The van der Waals surface area contributed by atoms with Gasteiger partial charge in [-0.3, -0.25) is 4.99 Å². The van der Waals surface area contributed by atoms with Crippen molar-refractivity contribution in [1.82, 2.24) is 10.6 Å². The van der Waals surface area contributed by atoms with E-state index in [9.17, 15) is 8.42 Å². The number of aliphatic imine (C=N–C) groups is 1. The number of sulfone groups is 1. The van der Waals surface area contributed by atoms with Crippen molar-refractivity contribution < 1.29 is 8.42 Å². The second-order valence-electron chi connectivity index (χ2n) is 6.82.